The number of fused-ring (bicyclic) bond motifs is 3. The average Bonchev–Trinajstić information content (AvgIpc) is 2.97. The normalized spacial score (nSPS) is 23.5. The van der Waals surface area contributed by atoms with Crippen molar-refractivity contribution in [1.29, 1.82) is 0 Å². The number of rotatable bonds is 2. The van der Waals surface area contributed by atoms with Crippen molar-refractivity contribution in [2.24, 2.45) is 4.99 Å². The Labute approximate surface area is 112 Å². The highest BCUT2D eigenvalue weighted by Gasteiger charge is 2.38. The molecule has 0 saturated carbocycles. The molecule has 1 aromatic carbocycles. The minimum atomic E-state index is 0.190. The van der Waals surface area contributed by atoms with Crippen molar-refractivity contribution < 1.29 is 4.74 Å². The Balaban J connectivity index is 1.59. The van der Waals surface area contributed by atoms with Crippen molar-refractivity contribution in [1.82, 2.24) is 4.98 Å². The molecule has 0 amide bonds. The molecule has 2 aromatic rings. The van der Waals surface area contributed by atoms with E-state index in [-0.39, 0.29) is 12.1 Å². The maximum atomic E-state index is 5.98. The molecule has 0 N–H and O–H groups in total. The lowest BCUT2D eigenvalue weighted by atomic mass is 10.1. The number of pyridine rings is 1. The van der Waals surface area contributed by atoms with Gasteiger partial charge >= 0.3 is 0 Å². The predicted octanol–water partition coefficient (Wildman–Crippen LogP) is 2.72. The monoisotopic (exact) mass is 250 g/mol. The Bertz CT molecular complexity index is 636. The molecule has 1 aromatic heterocycles. The van der Waals surface area contributed by atoms with E-state index in [1.165, 1.54) is 11.1 Å². The van der Waals surface area contributed by atoms with Crippen LogP contribution < -0.4 is 0 Å². The van der Waals surface area contributed by atoms with Gasteiger partial charge in [0.25, 0.3) is 0 Å². The molecule has 2 aliphatic rings. The van der Waals surface area contributed by atoms with Gasteiger partial charge in [0.15, 0.2) is 5.90 Å². The molecule has 3 heteroatoms. The summed E-state index contributed by atoms with van der Waals surface area (Å²) in [6.45, 7) is 0. The third-order valence-corrected chi connectivity index (χ3v) is 3.78. The second-order valence-electron chi connectivity index (χ2n) is 5.02. The number of hydrogen-bond acceptors (Lipinski definition) is 3. The van der Waals surface area contributed by atoms with Crippen molar-refractivity contribution in [3.8, 4) is 0 Å². The number of aliphatic imine (C=N–C) groups is 1. The zero-order valence-electron chi connectivity index (χ0n) is 10.5. The summed E-state index contributed by atoms with van der Waals surface area (Å²) in [5.41, 5.74) is 3.70. The van der Waals surface area contributed by atoms with Gasteiger partial charge in [0.05, 0.1) is 6.42 Å². The number of ether oxygens (including phenoxy) is 1. The van der Waals surface area contributed by atoms with Gasteiger partial charge in [-0.3, -0.25) is 4.98 Å². The summed E-state index contributed by atoms with van der Waals surface area (Å²) in [7, 11) is 0. The lowest BCUT2D eigenvalue weighted by molar-refractivity contribution is 0.202. The molecular weight excluding hydrogens is 236 g/mol. The van der Waals surface area contributed by atoms with Crippen LogP contribution in [-0.2, 0) is 17.6 Å². The molecule has 0 spiro atoms. The maximum absolute atomic E-state index is 5.98. The summed E-state index contributed by atoms with van der Waals surface area (Å²) in [5, 5.41) is 0. The molecule has 0 saturated heterocycles. The number of aromatic nitrogens is 1. The second kappa shape index (κ2) is 4.19. The third kappa shape index (κ3) is 1.82. The van der Waals surface area contributed by atoms with Gasteiger partial charge in [-0.05, 0) is 23.3 Å². The minimum absolute atomic E-state index is 0.190. The molecule has 94 valence electrons. The van der Waals surface area contributed by atoms with Crippen molar-refractivity contribution in [3.05, 3.63) is 65.5 Å². The number of nitrogens with zero attached hydrogens (tertiary/aromatic N) is 2. The van der Waals surface area contributed by atoms with E-state index in [4.69, 9.17) is 9.73 Å². The summed E-state index contributed by atoms with van der Waals surface area (Å²) in [6.07, 6.45) is 3.66. The van der Waals surface area contributed by atoms with Gasteiger partial charge in [-0.1, -0.05) is 30.3 Å². The van der Waals surface area contributed by atoms with E-state index in [0.29, 0.717) is 6.42 Å². The first-order valence-electron chi connectivity index (χ1n) is 6.61. The van der Waals surface area contributed by atoms with E-state index in [2.05, 4.69) is 29.2 Å². The SMILES string of the molecule is c1ccc(CC2=N[C@@H]3c4ccccc4C[C@@H]3O2)nc1. The third-order valence-electron chi connectivity index (χ3n) is 3.78. The molecule has 1 aliphatic heterocycles. The minimum Gasteiger partial charge on any atom is -0.474 e. The molecular formula is C16H14N2O. The maximum Gasteiger partial charge on any atom is 0.190 e. The van der Waals surface area contributed by atoms with Crippen LogP contribution >= 0.6 is 0 Å². The first kappa shape index (κ1) is 10.7. The van der Waals surface area contributed by atoms with Crippen LogP contribution in [0.4, 0.5) is 0 Å². The molecule has 3 nitrogen and oxygen atoms in total. The molecule has 0 unspecified atom stereocenters. The van der Waals surface area contributed by atoms with Crippen LogP contribution in [0.3, 0.4) is 0 Å². The first-order chi connectivity index (χ1) is 9.40. The fraction of sp³-hybridized carbons (Fsp3) is 0.250. The molecule has 0 fully saturated rings. The van der Waals surface area contributed by atoms with Crippen molar-refractivity contribution in [3.63, 3.8) is 0 Å². The van der Waals surface area contributed by atoms with Crippen LogP contribution in [0.25, 0.3) is 0 Å². The molecule has 2 atom stereocenters. The van der Waals surface area contributed by atoms with E-state index >= 15 is 0 Å². The standard InChI is InChI=1S/C16H14N2O/c1-2-7-13-11(5-1)9-14-16(13)18-15(19-14)10-12-6-3-4-8-17-12/h1-8,14,16H,9-10H2/t14-,16+/m0/s1. The highest BCUT2D eigenvalue weighted by Crippen LogP contribution is 2.39. The Morgan fingerprint density at radius 3 is 2.89 bits per heavy atom. The topological polar surface area (TPSA) is 34.5 Å². The highest BCUT2D eigenvalue weighted by atomic mass is 16.5. The summed E-state index contributed by atoms with van der Waals surface area (Å²) in [5.74, 6) is 0.822. The molecule has 0 radical (unpaired) electrons. The summed E-state index contributed by atoms with van der Waals surface area (Å²) in [4.78, 5) is 9.06. The smallest absolute Gasteiger partial charge is 0.190 e. The van der Waals surface area contributed by atoms with Crippen LogP contribution in [0, 0.1) is 0 Å². The zero-order valence-corrected chi connectivity index (χ0v) is 10.5. The van der Waals surface area contributed by atoms with Crippen LogP contribution in [-0.4, -0.2) is 17.0 Å². The quantitative estimate of drug-likeness (QED) is 0.821. The van der Waals surface area contributed by atoms with E-state index in [0.717, 1.165) is 18.0 Å². The Hall–Kier alpha value is -2.16. The average molecular weight is 250 g/mol. The van der Waals surface area contributed by atoms with Crippen LogP contribution in [0.1, 0.15) is 22.9 Å². The number of hydrogen-bond donors (Lipinski definition) is 0. The van der Waals surface area contributed by atoms with Gasteiger partial charge in [0, 0.05) is 18.3 Å². The Kier molecular flexibility index (Phi) is 2.37. The van der Waals surface area contributed by atoms with Crippen LogP contribution in [0.15, 0.2) is 53.7 Å². The van der Waals surface area contributed by atoms with Gasteiger partial charge in [-0.15, -0.1) is 0 Å². The van der Waals surface area contributed by atoms with E-state index in [1.807, 2.05) is 18.2 Å². The fourth-order valence-electron chi connectivity index (χ4n) is 2.90. The Morgan fingerprint density at radius 2 is 2.00 bits per heavy atom. The largest absolute Gasteiger partial charge is 0.474 e. The van der Waals surface area contributed by atoms with Gasteiger partial charge < -0.3 is 4.74 Å². The van der Waals surface area contributed by atoms with Crippen molar-refractivity contribution in [2.45, 2.75) is 25.0 Å². The molecule has 0 bridgehead atoms. The van der Waals surface area contributed by atoms with Gasteiger partial charge in [0.2, 0.25) is 0 Å². The second-order valence-corrected chi connectivity index (χ2v) is 5.02. The number of benzene rings is 1. The highest BCUT2D eigenvalue weighted by molar-refractivity contribution is 5.80. The van der Waals surface area contributed by atoms with E-state index < -0.39 is 0 Å². The van der Waals surface area contributed by atoms with Crippen molar-refractivity contribution >= 4 is 5.90 Å². The van der Waals surface area contributed by atoms with Crippen LogP contribution in [0.5, 0.6) is 0 Å². The predicted molar refractivity (Wildman–Crippen MR) is 73.1 cm³/mol. The summed E-state index contributed by atoms with van der Waals surface area (Å²) < 4.78 is 5.98. The first-order valence-corrected chi connectivity index (χ1v) is 6.61. The van der Waals surface area contributed by atoms with Gasteiger partial charge in [-0.2, -0.15) is 0 Å². The van der Waals surface area contributed by atoms with Crippen molar-refractivity contribution in [2.75, 3.05) is 0 Å². The van der Waals surface area contributed by atoms with E-state index in [9.17, 15) is 0 Å². The zero-order chi connectivity index (χ0) is 12.7. The van der Waals surface area contributed by atoms with Gasteiger partial charge in [0.1, 0.15) is 12.1 Å². The molecule has 19 heavy (non-hydrogen) atoms. The van der Waals surface area contributed by atoms with Gasteiger partial charge in [-0.25, -0.2) is 4.99 Å². The summed E-state index contributed by atoms with van der Waals surface area (Å²) in [6, 6.07) is 14.6. The summed E-state index contributed by atoms with van der Waals surface area (Å²) >= 11 is 0. The lowest BCUT2D eigenvalue weighted by Crippen LogP contribution is -2.14. The molecule has 2 heterocycles. The fourth-order valence-corrected chi connectivity index (χ4v) is 2.90. The molecule has 1 aliphatic carbocycles. The molecule has 4 rings (SSSR count). The Morgan fingerprint density at radius 1 is 1.11 bits per heavy atom. The van der Waals surface area contributed by atoms with E-state index in [1.54, 1.807) is 6.20 Å². The lowest BCUT2D eigenvalue weighted by Gasteiger charge is -2.08. The van der Waals surface area contributed by atoms with Crippen LogP contribution in [0.2, 0.25) is 0 Å².